The van der Waals surface area contributed by atoms with Crippen LogP contribution in [0.25, 0.3) is 0 Å². The number of amides is 1. The molecule has 0 heterocycles. The molecular formula is C16H25ClN2O. The predicted molar refractivity (Wildman–Crippen MR) is 85.0 cm³/mol. The van der Waals surface area contributed by atoms with Gasteiger partial charge in [0.2, 0.25) is 5.91 Å². The number of nitrogens with two attached hydrogens (primary N) is 1. The minimum Gasteiger partial charge on any atom is -0.354 e. The van der Waals surface area contributed by atoms with Crippen molar-refractivity contribution in [3.05, 3.63) is 34.9 Å². The number of nitrogens with one attached hydrogen (secondary N) is 1. The van der Waals surface area contributed by atoms with Crippen molar-refractivity contribution in [1.29, 1.82) is 0 Å². The molecule has 0 aromatic heterocycles. The Morgan fingerprint density at radius 2 is 1.80 bits per heavy atom. The Labute approximate surface area is 126 Å². The molecule has 3 nitrogen and oxygen atoms in total. The second-order valence-corrected chi connectivity index (χ2v) is 6.26. The Balaban J connectivity index is 2.84. The van der Waals surface area contributed by atoms with Gasteiger partial charge in [0.1, 0.15) is 0 Å². The maximum atomic E-state index is 12.5. The molecule has 112 valence electrons. The molecule has 0 radical (unpaired) electrons. The summed E-state index contributed by atoms with van der Waals surface area (Å²) in [5.41, 5.74) is 6.02. The number of carbonyl (C=O) groups is 1. The van der Waals surface area contributed by atoms with Crippen LogP contribution in [-0.4, -0.2) is 18.0 Å². The van der Waals surface area contributed by atoms with Crippen molar-refractivity contribution in [3.63, 3.8) is 0 Å². The predicted octanol–water partition coefficient (Wildman–Crippen LogP) is 3.25. The first kappa shape index (κ1) is 17.0. The number of hydrogen-bond donors (Lipinski definition) is 2. The average Bonchev–Trinajstić information content (AvgIpc) is 2.44. The van der Waals surface area contributed by atoms with Gasteiger partial charge >= 0.3 is 0 Å². The topological polar surface area (TPSA) is 55.1 Å². The summed E-state index contributed by atoms with van der Waals surface area (Å²) in [6.07, 6.45) is 1.66. The lowest BCUT2D eigenvalue weighted by Gasteiger charge is -2.30. The first-order chi connectivity index (χ1) is 9.27. The third kappa shape index (κ3) is 3.74. The fourth-order valence-electron chi connectivity index (χ4n) is 2.07. The molecule has 0 bridgehead atoms. The molecule has 1 aromatic rings. The highest BCUT2D eigenvalue weighted by Crippen LogP contribution is 2.30. The van der Waals surface area contributed by atoms with Crippen LogP contribution in [0.15, 0.2) is 24.3 Å². The van der Waals surface area contributed by atoms with E-state index in [1.807, 2.05) is 45.9 Å². The van der Waals surface area contributed by atoms with Gasteiger partial charge in [0.25, 0.3) is 0 Å². The second kappa shape index (κ2) is 6.59. The van der Waals surface area contributed by atoms with Gasteiger partial charge in [-0.2, -0.15) is 0 Å². The Morgan fingerprint density at radius 1 is 1.25 bits per heavy atom. The van der Waals surface area contributed by atoms with Crippen molar-refractivity contribution in [3.8, 4) is 0 Å². The molecule has 4 heteroatoms. The molecule has 0 aliphatic heterocycles. The van der Waals surface area contributed by atoms with E-state index in [2.05, 4.69) is 5.32 Å². The number of carbonyl (C=O) groups excluding carboxylic acids is 1. The van der Waals surface area contributed by atoms with Crippen LogP contribution in [-0.2, 0) is 10.2 Å². The monoisotopic (exact) mass is 296 g/mol. The Bertz CT molecular complexity index is 467. The largest absolute Gasteiger partial charge is 0.354 e. The van der Waals surface area contributed by atoms with Crippen LogP contribution in [0.4, 0.5) is 0 Å². The Kier molecular flexibility index (Phi) is 5.60. The summed E-state index contributed by atoms with van der Waals surface area (Å²) in [6.45, 7) is 8.30. The van der Waals surface area contributed by atoms with Crippen molar-refractivity contribution in [2.45, 2.75) is 51.5 Å². The molecule has 0 aliphatic rings. The zero-order chi connectivity index (χ0) is 15.4. The van der Waals surface area contributed by atoms with Crippen LogP contribution in [0.3, 0.4) is 0 Å². The molecule has 1 amide bonds. The van der Waals surface area contributed by atoms with Gasteiger partial charge in [-0.3, -0.25) is 4.79 Å². The third-order valence-corrected chi connectivity index (χ3v) is 4.45. The van der Waals surface area contributed by atoms with E-state index in [0.29, 0.717) is 11.6 Å². The number of hydrogen-bond acceptors (Lipinski definition) is 2. The third-order valence-electron chi connectivity index (χ3n) is 4.12. The van der Waals surface area contributed by atoms with Gasteiger partial charge in [-0.15, -0.1) is 0 Å². The van der Waals surface area contributed by atoms with Crippen molar-refractivity contribution in [2.24, 2.45) is 5.73 Å². The molecule has 1 aromatic carbocycles. The molecule has 20 heavy (non-hydrogen) atoms. The highest BCUT2D eigenvalue weighted by atomic mass is 35.5. The van der Waals surface area contributed by atoms with E-state index in [1.165, 1.54) is 0 Å². The number of rotatable bonds is 6. The van der Waals surface area contributed by atoms with Gasteiger partial charge in [0.15, 0.2) is 0 Å². The zero-order valence-electron chi connectivity index (χ0n) is 12.8. The molecule has 3 N–H and O–H groups in total. The number of halogens is 1. The molecule has 0 saturated carbocycles. The van der Waals surface area contributed by atoms with Crippen LogP contribution in [0.2, 0.25) is 5.02 Å². The van der Waals surface area contributed by atoms with Gasteiger partial charge in [0.05, 0.1) is 5.41 Å². The van der Waals surface area contributed by atoms with Crippen LogP contribution in [0.1, 0.15) is 46.1 Å². The van der Waals surface area contributed by atoms with E-state index < -0.39 is 5.41 Å². The molecular weight excluding hydrogens is 272 g/mol. The smallest absolute Gasteiger partial charge is 0.230 e. The van der Waals surface area contributed by atoms with Gasteiger partial charge in [-0.1, -0.05) is 43.6 Å². The molecule has 0 saturated heterocycles. The van der Waals surface area contributed by atoms with Crippen molar-refractivity contribution < 1.29 is 4.79 Å². The summed E-state index contributed by atoms with van der Waals surface area (Å²) in [5.74, 6) is -0.0534. The standard InChI is InChI=1S/C16H25ClN2O/c1-5-16(18,6-2)11-19-14(20)15(3,4)12-9-7-8-10-13(12)17/h7-10H,5-6,11,18H2,1-4H3,(H,19,20). The van der Waals surface area contributed by atoms with E-state index in [1.54, 1.807) is 6.07 Å². The second-order valence-electron chi connectivity index (χ2n) is 5.86. The van der Waals surface area contributed by atoms with Crippen LogP contribution in [0, 0.1) is 0 Å². The highest BCUT2D eigenvalue weighted by Gasteiger charge is 2.32. The highest BCUT2D eigenvalue weighted by molar-refractivity contribution is 6.31. The summed E-state index contributed by atoms with van der Waals surface area (Å²) < 4.78 is 0. The van der Waals surface area contributed by atoms with E-state index >= 15 is 0 Å². The van der Waals surface area contributed by atoms with Gasteiger partial charge < -0.3 is 11.1 Å². The molecule has 0 fully saturated rings. The lowest BCUT2D eigenvalue weighted by Crippen LogP contribution is -2.52. The maximum Gasteiger partial charge on any atom is 0.230 e. The van der Waals surface area contributed by atoms with E-state index in [4.69, 9.17) is 17.3 Å². The minimum absolute atomic E-state index is 0.0534. The molecule has 0 atom stereocenters. The molecule has 0 spiro atoms. The maximum absolute atomic E-state index is 12.5. The van der Waals surface area contributed by atoms with E-state index in [0.717, 1.165) is 18.4 Å². The SMILES string of the molecule is CCC(N)(CC)CNC(=O)C(C)(C)c1ccccc1Cl. The molecule has 0 aliphatic carbocycles. The van der Waals surface area contributed by atoms with Crippen molar-refractivity contribution in [2.75, 3.05) is 6.54 Å². The average molecular weight is 297 g/mol. The first-order valence-corrected chi connectivity index (χ1v) is 7.47. The van der Waals surface area contributed by atoms with Crippen LogP contribution in [0.5, 0.6) is 0 Å². The normalized spacial score (nSPS) is 12.3. The van der Waals surface area contributed by atoms with E-state index in [9.17, 15) is 4.79 Å². The fourth-order valence-corrected chi connectivity index (χ4v) is 2.44. The molecule has 0 unspecified atom stereocenters. The summed E-state index contributed by atoms with van der Waals surface area (Å²) in [7, 11) is 0. The first-order valence-electron chi connectivity index (χ1n) is 7.09. The Hall–Kier alpha value is -1.06. The zero-order valence-corrected chi connectivity index (χ0v) is 13.6. The Morgan fingerprint density at radius 3 is 2.30 bits per heavy atom. The fraction of sp³-hybridized carbons (Fsp3) is 0.562. The minimum atomic E-state index is -0.680. The lowest BCUT2D eigenvalue weighted by molar-refractivity contribution is -0.125. The van der Waals surface area contributed by atoms with Gasteiger partial charge in [-0.05, 0) is 38.3 Å². The lowest BCUT2D eigenvalue weighted by atomic mass is 9.83. The van der Waals surface area contributed by atoms with Gasteiger partial charge in [0, 0.05) is 17.1 Å². The van der Waals surface area contributed by atoms with E-state index in [-0.39, 0.29) is 11.4 Å². The van der Waals surface area contributed by atoms with Crippen molar-refractivity contribution >= 4 is 17.5 Å². The summed E-state index contributed by atoms with van der Waals surface area (Å²) >= 11 is 6.19. The van der Waals surface area contributed by atoms with Crippen LogP contribution >= 0.6 is 11.6 Å². The summed E-state index contributed by atoms with van der Waals surface area (Å²) in [5, 5.41) is 3.58. The quantitative estimate of drug-likeness (QED) is 0.846. The summed E-state index contributed by atoms with van der Waals surface area (Å²) in [4.78, 5) is 12.5. The van der Waals surface area contributed by atoms with Crippen LogP contribution < -0.4 is 11.1 Å². The van der Waals surface area contributed by atoms with Gasteiger partial charge in [-0.25, -0.2) is 0 Å². The molecule has 1 rings (SSSR count). The summed E-state index contributed by atoms with van der Waals surface area (Å²) in [6, 6.07) is 7.44. The number of benzene rings is 1. The van der Waals surface area contributed by atoms with Crippen molar-refractivity contribution in [1.82, 2.24) is 5.32 Å².